The summed E-state index contributed by atoms with van der Waals surface area (Å²) in [5.41, 5.74) is 0.468. The summed E-state index contributed by atoms with van der Waals surface area (Å²) in [6.45, 7) is 9.25. The van der Waals surface area contributed by atoms with Gasteiger partial charge in [0, 0.05) is 5.57 Å². The first kappa shape index (κ1) is 10.7. The zero-order valence-electron chi connectivity index (χ0n) is 7.38. The molecule has 0 unspecified atom stereocenters. The van der Waals surface area contributed by atoms with E-state index in [0.717, 1.165) is 0 Å². The molecule has 0 saturated carbocycles. The van der Waals surface area contributed by atoms with Crippen LogP contribution in [0.1, 0.15) is 13.3 Å². The van der Waals surface area contributed by atoms with Gasteiger partial charge >= 0.3 is 5.97 Å². The average Bonchev–Trinajstić information content (AvgIpc) is 2.05. The number of hydrogen-bond acceptors (Lipinski definition) is 2. The van der Waals surface area contributed by atoms with Gasteiger partial charge in [0.15, 0.2) is 0 Å². The maximum absolute atomic E-state index is 11.0. The summed E-state index contributed by atoms with van der Waals surface area (Å²) in [5, 5.41) is 0. The molecular formula is C10H14O2. The van der Waals surface area contributed by atoms with Crippen LogP contribution in [0.2, 0.25) is 0 Å². The van der Waals surface area contributed by atoms with Crippen molar-refractivity contribution in [3.05, 3.63) is 37.0 Å². The van der Waals surface area contributed by atoms with Gasteiger partial charge in [0.05, 0.1) is 6.61 Å². The van der Waals surface area contributed by atoms with Crippen LogP contribution in [-0.2, 0) is 9.53 Å². The van der Waals surface area contributed by atoms with Crippen molar-refractivity contribution in [1.82, 2.24) is 0 Å². The zero-order valence-corrected chi connectivity index (χ0v) is 7.38. The predicted molar refractivity (Wildman–Crippen MR) is 49.7 cm³/mol. The third-order valence-electron chi connectivity index (χ3n) is 1.20. The number of allylic oxidation sites excluding steroid dienone is 3. The van der Waals surface area contributed by atoms with Crippen LogP contribution in [0.4, 0.5) is 0 Å². The molecule has 0 fully saturated rings. The van der Waals surface area contributed by atoms with Crippen molar-refractivity contribution in [3.63, 3.8) is 0 Å². The first-order chi connectivity index (χ1) is 5.72. The Hall–Kier alpha value is -1.31. The van der Waals surface area contributed by atoms with E-state index in [1.165, 1.54) is 0 Å². The van der Waals surface area contributed by atoms with Crippen LogP contribution < -0.4 is 0 Å². The maximum atomic E-state index is 11.0. The van der Waals surface area contributed by atoms with E-state index >= 15 is 0 Å². The lowest BCUT2D eigenvalue weighted by Gasteiger charge is -2.00. The summed E-state index contributed by atoms with van der Waals surface area (Å²) in [7, 11) is 0. The molecule has 0 aromatic carbocycles. The van der Waals surface area contributed by atoms with Gasteiger partial charge in [0.25, 0.3) is 0 Å². The quantitative estimate of drug-likeness (QED) is 0.355. The van der Waals surface area contributed by atoms with Gasteiger partial charge in [-0.15, -0.1) is 0 Å². The van der Waals surface area contributed by atoms with Crippen LogP contribution >= 0.6 is 0 Å². The highest BCUT2D eigenvalue weighted by molar-refractivity contribution is 5.87. The smallest absolute Gasteiger partial charge is 0.333 e. The molecule has 0 atom stereocenters. The Balaban J connectivity index is 3.79. The monoisotopic (exact) mass is 166 g/mol. The molecule has 0 radical (unpaired) electrons. The van der Waals surface area contributed by atoms with Gasteiger partial charge in [-0.2, -0.15) is 0 Å². The van der Waals surface area contributed by atoms with Crippen molar-refractivity contribution in [2.24, 2.45) is 0 Å². The van der Waals surface area contributed by atoms with E-state index in [0.29, 0.717) is 18.6 Å². The number of esters is 1. The largest absolute Gasteiger partial charge is 0.463 e. The lowest BCUT2D eigenvalue weighted by molar-refractivity contribution is -0.138. The number of carbonyl (C=O) groups is 1. The third-order valence-corrected chi connectivity index (χ3v) is 1.20. The standard InChI is InChI=1S/C10H14O2/c1-4-6-7-8-9(3)10(11)12-5-2/h4,6-7H,1,3,5,8H2,2H3. The van der Waals surface area contributed by atoms with E-state index < -0.39 is 0 Å². The highest BCUT2D eigenvalue weighted by atomic mass is 16.5. The molecule has 0 heterocycles. The van der Waals surface area contributed by atoms with E-state index in [1.54, 1.807) is 19.1 Å². The predicted octanol–water partition coefficient (Wildman–Crippen LogP) is 2.24. The fraction of sp³-hybridized carbons (Fsp3) is 0.300. The number of rotatable bonds is 5. The van der Waals surface area contributed by atoms with Gasteiger partial charge in [-0.3, -0.25) is 0 Å². The minimum Gasteiger partial charge on any atom is -0.463 e. The van der Waals surface area contributed by atoms with Crippen LogP contribution in [0.3, 0.4) is 0 Å². The molecule has 0 bridgehead atoms. The van der Waals surface area contributed by atoms with E-state index in [9.17, 15) is 4.79 Å². The Morgan fingerprint density at radius 2 is 2.25 bits per heavy atom. The number of hydrogen-bond donors (Lipinski definition) is 0. The van der Waals surface area contributed by atoms with Gasteiger partial charge in [0.1, 0.15) is 0 Å². The molecule has 0 aromatic heterocycles. The average molecular weight is 166 g/mol. The summed E-state index contributed by atoms with van der Waals surface area (Å²) in [5.74, 6) is -0.328. The van der Waals surface area contributed by atoms with Crippen LogP contribution in [0.15, 0.2) is 37.0 Å². The van der Waals surface area contributed by atoms with Crippen molar-refractivity contribution in [2.75, 3.05) is 6.61 Å². The highest BCUT2D eigenvalue weighted by Crippen LogP contribution is 2.01. The molecule has 0 amide bonds. The Labute approximate surface area is 73.2 Å². The third kappa shape index (κ3) is 4.50. The summed E-state index contributed by atoms with van der Waals surface area (Å²) < 4.78 is 4.74. The fourth-order valence-corrected chi connectivity index (χ4v) is 0.623. The SMILES string of the molecule is C=CC=CCC(=C)C(=O)OCC. The lowest BCUT2D eigenvalue weighted by Crippen LogP contribution is -2.05. The Kier molecular flexibility index (Phi) is 5.70. The Bertz CT molecular complexity index is 202. The van der Waals surface area contributed by atoms with Gasteiger partial charge in [-0.05, 0) is 13.3 Å². The van der Waals surface area contributed by atoms with Gasteiger partial charge in [-0.25, -0.2) is 4.79 Å². The van der Waals surface area contributed by atoms with E-state index in [4.69, 9.17) is 4.74 Å². The second-order valence-corrected chi connectivity index (χ2v) is 2.19. The van der Waals surface area contributed by atoms with Gasteiger partial charge in [-0.1, -0.05) is 31.4 Å². The Morgan fingerprint density at radius 3 is 2.75 bits per heavy atom. The second kappa shape index (κ2) is 6.40. The first-order valence-electron chi connectivity index (χ1n) is 3.84. The van der Waals surface area contributed by atoms with Crippen molar-refractivity contribution < 1.29 is 9.53 Å². The second-order valence-electron chi connectivity index (χ2n) is 2.19. The molecule has 2 heteroatoms. The molecule has 0 aliphatic carbocycles. The fourth-order valence-electron chi connectivity index (χ4n) is 0.623. The molecule has 0 aromatic rings. The lowest BCUT2D eigenvalue weighted by atomic mass is 10.2. The normalized spacial score (nSPS) is 9.75. The molecule has 0 rings (SSSR count). The Morgan fingerprint density at radius 1 is 1.58 bits per heavy atom. The number of ether oxygens (including phenoxy) is 1. The van der Waals surface area contributed by atoms with E-state index in [-0.39, 0.29) is 5.97 Å². The van der Waals surface area contributed by atoms with Gasteiger partial charge in [0.2, 0.25) is 0 Å². The van der Waals surface area contributed by atoms with Crippen molar-refractivity contribution in [3.8, 4) is 0 Å². The summed E-state index contributed by atoms with van der Waals surface area (Å²) in [4.78, 5) is 11.0. The molecule has 0 saturated heterocycles. The molecule has 0 aliphatic heterocycles. The van der Waals surface area contributed by atoms with Crippen LogP contribution in [0.5, 0.6) is 0 Å². The molecular weight excluding hydrogens is 152 g/mol. The highest BCUT2D eigenvalue weighted by Gasteiger charge is 2.04. The van der Waals surface area contributed by atoms with E-state index in [2.05, 4.69) is 13.2 Å². The molecule has 12 heavy (non-hydrogen) atoms. The molecule has 0 aliphatic rings. The molecule has 2 nitrogen and oxygen atoms in total. The number of carbonyl (C=O) groups excluding carboxylic acids is 1. The van der Waals surface area contributed by atoms with Crippen molar-refractivity contribution in [2.45, 2.75) is 13.3 Å². The minimum atomic E-state index is -0.328. The van der Waals surface area contributed by atoms with Crippen molar-refractivity contribution >= 4 is 5.97 Å². The summed E-state index contributed by atoms with van der Waals surface area (Å²) in [6, 6.07) is 0. The molecule has 66 valence electrons. The minimum absolute atomic E-state index is 0.328. The van der Waals surface area contributed by atoms with Gasteiger partial charge < -0.3 is 4.74 Å². The van der Waals surface area contributed by atoms with E-state index in [1.807, 2.05) is 6.08 Å². The maximum Gasteiger partial charge on any atom is 0.333 e. The molecule has 0 N–H and O–H groups in total. The first-order valence-corrected chi connectivity index (χ1v) is 3.84. The summed E-state index contributed by atoms with van der Waals surface area (Å²) >= 11 is 0. The summed E-state index contributed by atoms with van der Waals surface area (Å²) in [6.07, 6.45) is 5.75. The topological polar surface area (TPSA) is 26.3 Å². The van der Waals surface area contributed by atoms with Crippen LogP contribution in [-0.4, -0.2) is 12.6 Å². The zero-order chi connectivity index (χ0) is 9.40. The van der Waals surface area contributed by atoms with Crippen LogP contribution in [0, 0.1) is 0 Å². The van der Waals surface area contributed by atoms with Crippen LogP contribution in [0.25, 0.3) is 0 Å². The van der Waals surface area contributed by atoms with Crippen molar-refractivity contribution in [1.29, 1.82) is 0 Å². The molecule has 0 spiro atoms.